The smallest absolute Gasteiger partial charge is 0.330 e. The van der Waals surface area contributed by atoms with E-state index in [1.54, 1.807) is 6.92 Å². The SMILES string of the molecule is CC[C@@H]1O[C@H](n2cc(C)c(=O)[nH]c2=O)C[C@@H]1N=[N+]=[N-]. The van der Waals surface area contributed by atoms with E-state index in [0.29, 0.717) is 18.4 Å². The Kier molecular flexibility index (Phi) is 3.73. The summed E-state index contributed by atoms with van der Waals surface area (Å²) in [5.41, 5.74) is 8.03. The first-order valence-corrected chi connectivity index (χ1v) is 6.08. The summed E-state index contributed by atoms with van der Waals surface area (Å²) in [6.45, 7) is 3.54. The molecule has 0 radical (unpaired) electrons. The Morgan fingerprint density at radius 3 is 3.00 bits per heavy atom. The lowest BCUT2D eigenvalue weighted by Crippen LogP contribution is -2.33. The maximum absolute atomic E-state index is 11.8. The molecule has 2 rings (SSSR count). The number of nitrogens with one attached hydrogen (secondary N) is 1. The summed E-state index contributed by atoms with van der Waals surface area (Å²) in [6.07, 6.45) is 1.87. The van der Waals surface area contributed by atoms with Crippen molar-refractivity contribution in [1.29, 1.82) is 0 Å². The molecule has 0 bridgehead atoms. The molecule has 102 valence electrons. The van der Waals surface area contributed by atoms with Crippen LogP contribution in [0.1, 0.15) is 31.6 Å². The number of hydrogen-bond donors (Lipinski definition) is 1. The zero-order valence-corrected chi connectivity index (χ0v) is 10.7. The van der Waals surface area contributed by atoms with Crippen molar-refractivity contribution >= 4 is 0 Å². The molecule has 8 nitrogen and oxygen atoms in total. The highest BCUT2D eigenvalue weighted by Crippen LogP contribution is 2.31. The van der Waals surface area contributed by atoms with E-state index in [9.17, 15) is 9.59 Å². The fraction of sp³-hybridized carbons (Fsp3) is 0.636. The average Bonchev–Trinajstić information content (AvgIpc) is 2.77. The quantitative estimate of drug-likeness (QED) is 0.503. The fourth-order valence-corrected chi connectivity index (χ4v) is 2.24. The number of aryl methyl sites for hydroxylation is 1. The molecule has 1 aromatic rings. The Hall–Kier alpha value is -2.05. The van der Waals surface area contributed by atoms with E-state index in [-0.39, 0.29) is 12.1 Å². The normalized spacial score (nSPS) is 26.1. The average molecular weight is 265 g/mol. The van der Waals surface area contributed by atoms with E-state index in [1.165, 1.54) is 10.8 Å². The lowest BCUT2D eigenvalue weighted by molar-refractivity contribution is -0.00417. The van der Waals surface area contributed by atoms with Crippen LogP contribution in [0.5, 0.6) is 0 Å². The van der Waals surface area contributed by atoms with Gasteiger partial charge in [0.2, 0.25) is 0 Å². The van der Waals surface area contributed by atoms with E-state index >= 15 is 0 Å². The Balaban J connectivity index is 2.34. The highest BCUT2D eigenvalue weighted by molar-refractivity contribution is 5.02. The van der Waals surface area contributed by atoms with Crippen molar-refractivity contribution in [2.45, 2.75) is 45.1 Å². The summed E-state index contributed by atoms with van der Waals surface area (Å²) in [5, 5.41) is 3.69. The van der Waals surface area contributed by atoms with Crippen LogP contribution in [0.15, 0.2) is 20.9 Å². The van der Waals surface area contributed by atoms with Crippen molar-refractivity contribution in [3.8, 4) is 0 Å². The molecule has 3 atom stereocenters. The van der Waals surface area contributed by atoms with Crippen molar-refractivity contribution in [3.05, 3.63) is 43.0 Å². The van der Waals surface area contributed by atoms with Gasteiger partial charge in [-0.05, 0) is 18.9 Å². The first kappa shape index (κ1) is 13.4. The summed E-state index contributed by atoms with van der Waals surface area (Å²) < 4.78 is 7.05. The number of nitrogens with zero attached hydrogens (tertiary/aromatic N) is 4. The molecule has 8 heteroatoms. The van der Waals surface area contributed by atoms with Gasteiger partial charge in [-0.1, -0.05) is 12.0 Å². The zero-order chi connectivity index (χ0) is 14.0. The van der Waals surface area contributed by atoms with Crippen molar-refractivity contribution in [2.24, 2.45) is 5.11 Å². The fourth-order valence-electron chi connectivity index (χ4n) is 2.24. The summed E-state index contributed by atoms with van der Waals surface area (Å²) >= 11 is 0. The topological polar surface area (TPSA) is 113 Å². The maximum Gasteiger partial charge on any atom is 0.330 e. The van der Waals surface area contributed by atoms with Gasteiger partial charge < -0.3 is 4.74 Å². The molecular weight excluding hydrogens is 250 g/mol. The number of rotatable bonds is 3. The lowest BCUT2D eigenvalue weighted by Gasteiger charge is -2.15. The second-order valence-electron chi connectivity index (χ2n) is 4.52. The molecule has 2 heterocycles. The van der Waals surface area contributed by atoms with Gasteiger partial charge in [-0.15, -0.1) is 0 Å². The lowest BCUT2D eigenvalue weighted by atomic mass is 10.1. The minimum atomic E-state index is -0.517. The van der Waals surface area contributed by atoms with Crippen LogP contribution in [0.4, 0.5) is 0 Å². The number of aromatic nitrogens is 2. The minimum absolute atomic E-state index is 0.208. The third-order valence-electron chi connectivity index (χ3n) is 3.26. The number of azide groups is 1. The van der Waals surface area contributed by atoms with Gasteiger partial charge in [-0.2, -0.15) is 0 Å². The van der Waals surface area contributed by atoms with Crippen LogP contribution in [0.3, 0.4) is 0 Å². The van der Waals surface area contributed by atoms with Gasteiger partial charge in [0.1, 0.15) is 6.23 Å². The monoisotopic (exact) mass is 265 g/mol. The van der Waals surface area contributed by atoms with Gasteiger partial charge in [-0.25, -0.2) is 4.79 Å². The van der Waals surface area contributed by atoms with Crippen LogP contribution < -0.4 is 11.2 Å². The molecule has 1 aromatic heterocycles. The van der Waals surface area contributed by atoms with E-state index in [2.05, 4.69) is 15.0 Å². The molecular formula is C11H15N5O3. The molecule has 1 N–H and O–H groups in total. The molecule has 19 heavy (non-hydrogen) atoms. The van der Waals surface area contributed by atoms with Crippen LogP contribution in [0.2, 0.25) is 0 Å². The Morgan fingerprint density at radius 2 is 2.37 bits per heavy atom. The molecule has 0 aromatic carbocycles. The second kappa shape index (κ2) is 5.29. The van der Waals surface area contributed by atoms with Crippen LogP contribution in [-0.4, -0.2) is 21.7 Å². The predicted molar refractivity (Wildman–Crippen MR) is 67.8 cm³/mol. The number of aromatic amines is 1. The molecule has 0 aliphatic carbocycles. The first-order valence-electron chi connectivity index (χ1n) is 6.08. The van der Waals surface area contributed by atoms with Gasteiger partial charge in [0.25, 0.3) is 5.56 Å². The van der Waals surface area contributed by atoms with Gasteiger partial charge >= 0.3 is 5.69 Å². The van der Waals surface area contributed by atoms with E-state index < -0.39 is 17.5 Å². The maximum atomic E-state index is 11.8. The highest BCUT2D eigenvalue weighted by atomic mass is 16.5. The molecule has 1 aliphatic heterocycles. The summed E-state index contributed by atoms with van der Waals surface area (Å²) in [5.74, 6) is 0. The van der Waals surface area contributed by atoms with E-state index in [0.717, 1.165) is 0 Å². The molecule has 1 aliphatic rings. The first-order chi connectivity index (χ1) is 9.06. The number of H-pyrrole nitrogens is 1. The third kappa shape index (κ3) is 2.54. The van der Waals surface area contributed by atoms with Gasteiger partial charge in [-0.3, -0.25) is 14.3 Å². The largest absolute Gasteiger partial charge is 0.354 e. The van der Waals surface area contributed by atoms with E-state index in [4.69, 9.17) is 10.3 Å². The molecule has 1 fully saturated rings. The minimum Gasteiger partial charge on any atom is -0.354 e. The second-order valence-corrected chi connectivity index (χ2v) is 4.52. The van der Waals surface area contributed by atoms with Gasteiger partial charge in [0, 0.05) is 23.1 Å². The summed E-state index contributed by atoms with van der Waals surface area (Å²) in [6, 6.07) is -0.292. The molecule has 0 spiro atoms. The molecule has 0 saturated carbocycles. The summed E-state index contributed by atoms with van der Waals surface area (Å²) in [7, 11) is 0. The molecule has 1 saturated heterocycles. The Morgan fingerprint density at radius 1 is 1.63 bits per heavy atom. The van der Waals surface area contributed by atoms with Crippen molar-refractivity contribution in [3.63, 3.8) is 0 Å². The number of hydrogen-bond acceptors (Lipinski definition) is 4. The highest BCUT2D eigenvalue weighted by Gasteiger charge is 2.34. The Labute approximate surface area is 108 Å². The van der Waals surface area contributed by atoms with Gasteiger partial charge in [0.05, 0.1) is 12.1 Å². The van der Waals surface area contributed by atoms with Crippen LogP contribution in [0, 0.1) is 6.92 Å². The third-order valence-corrected chi connectivity index (χ3v) is 3.26. The van der Waals surface area contributed by atoms with Crippen LogP contribution in [-0.2, 0) is 4.74 Å². The summed E-state index contributed by atoms with van der Waals surface area (Å²) in [4.78, 5) is 28.1. The van der Waals surface area contributed by atoms with Crippen LogP contribution in [0.25, 0.3) is 10.4 Å². The van der Waals surface area contributed by atoms with Crippen molar-refractivity contribution < 1.29 is 4.74 Å². The molecule has 0 amide bonds. The number of ether oxygens (including phenoxy) is 1. The van der Waals surface area contributed by atoms with E-state index in [1.807, 2.05) is 6.92 Å². The van der Waals surface area contributed by atoms with Crippen molar-refractivity contribution in [1.82, 2.24) is 9.55 Å². The van der Waals surface area contributed by atoms with Crippen molar-refractivity contribution in [2.75, 3.05) is 0 Å². The van der Waals surface area contributed by atoms with Gasteiger partial charge in [0.15, 0.2) is 0 Å². The van der Waals surface area contributed by atoms with Crippen LogP contribution >= 0.6 is 0 Å². The molecule has 0 unspecified atom stereocenters. The standard InChI is InChI=1S/C11H15N5O3/c1-3-8-7(14-15-12)4-9(19-8)16-5-6(2)10(17)13-11(16)18/h5,7-9H,3-4H2,1-2H3,(H,13,17,18)/t7-,8-,9-/m0/s1. The zero-order valence-electron chi connectivity index (χ0n) is 10.7. The Bertz CT molecular complexity index is 628. The predicted octanol–water partition coefficient (Wildman–Crippen LogP) is 1.22.